The van der Waals surface area contributed by atoms with Crippen LogP contribution in [0.5, 0.6) is 0 Å². The highest BCUT2D eigenvalue weighted by atomic mass is 79.9. The van der Waals surface area contributed by atoms with Gasteiger partial charge in [-0.15, -0.1) is 0 Å². The Labute approximate surface area is 82.8 Å². The number of alkyl halides is 1. The first-order chi connectivity index (χ1) is 5.48. The number of hydrogen-bond donors (Lipinski definition) is 0. The molecule has 2 nitrogen and oxygen atoms in total. The van der Waals surface area contributed by atoms with Gasteiger partial charge in [-0.2, -0.15) is 0 Å². The maximum absolute atomic E-state index is 11.2. The molecule has 0 atom stereocenters. The van der Waals surface area contributed by atoms with E-state index in [0.29, 0.717) is 6.61 Å². The molecule has 3 heteroatoms. The average Bonchev–Trinajstić information content (AvgIpc) is 1.96. The summed E-state index contributed by atoms with van der Waals surface area (Å²) in [5.74, 6) is -0.182. The molecule has 0 saturated carbocycles. The van der Waals surface area contributed by atoms with Crippen LogP contribution in [0, 0.1) is 0 Å². The van der Waals surface area contributed by atoms with Gasteiger partial charge in [-0.3, -0.25) is 4.79 Å². The first-order valence-corrected chi connectivity index (χ1v) is 5.14. The van der Waals surface area contributed by atoms with Crippen molar-refractivity contribution in [2.24, 2.45) is 0 Å². The fourth-order valence-electron chi connectivity index (χ4n) is 0.689. The highest BCUT2D eigenvalue weighted by molar-refractivity contribution is 9.10. The van der Waals surface area contributed by atoms with Gasteiger partial charge < -0.3 is 4.74 Å². The number of carbonyl (C=O) groups excluding carboxylic acids is 1. The Hall–Kier alpha value is -0.0500. The van der Waals surface area contributed by atoms with E-state index in [1.54, 1.807) is 13.8 Å². The third-order valence-electron chi connectivity index (χ3n) is 1.47. The van der Waals surface area contributed by atoms with Crippen LogP contribution in [0.3, 0.4) is 0 Å². The van der Waals surface area contributed by atoms with Crippen LogP contribution in [-0.4, -0.2) is 16.9 Å². The molecule has 0 saturated heterocycles. The summed E-state index contributed by atoms with van der Waals surface area (Å²) in [4.78, 5) is 11.2. The number of unbranched alkanes of at least 4 members (excludes halogenated alkanes) is 2. The topological polar surface area (TPSA) is 26.3 Å². The average molecular weight is 237 g/mol. The molecule has 0 aliphatic rings. The van der Waals surface area contributed by atoms with Crippen LogP contribution in [0.1, 0.15) is 40.0 Å². The molecule has 0 bridgehead atoms. The molecule has 72 valence electrons. The molecule has 0 spiro atoms. The molecular formula is C9H17BrO2. The fourth-order valence-corrected chi connectivity index (χ4v) is 0.803. The summed E-state index contributed by atoms with van der Waals surface area (Å²) in [6.07, 6.45) is 3.23. The second kappa shape index (κ2) is 5.57. The maximum atomic E-state index is 11.2. The summed E-state index contributed by atoms with van der Waals surface area (Å²) in [6.45, 7) is 6.24. The van der Waals surface area contributed by atoms with Crippen molar-refractivity contribution in [1.29, 1.82) is 0 Å². The highest BCUT2D eigenvalue weighted by Gasteiger charge is 2.24. The fraction of sp³-hybridized carbons (Fsp3) is 0.889. The van der Waals surface area contributed by atoms with E-state index in [9.17, 15) is 4.79 Å². The van der Waals surface area contributed by atoms with Crippen LogP contribution in [0.4, 0.5) is 0 Å². The predicted molar refractivity (Wildman–Crippen MR) is 53.5 cm³/mol. The smallest absolute Gasteiger partial charge is 0.322 e. The van der Waals surface area contributed by atoms with E-state index in [4.69, 9.17) is 4.74 Å². The molecule has 0 aromatic heterocycles. The summed E-state index contributed by atoms with van der Waals surface area (Å²) in [5, 5.41) is 0. The van der Waals surface area contributed by atoms with Gasteiger partial charge in [0.25, 0.3) is 0 Å². The molecule has 0 radical (unpaired) electrons. The largest absolute Gasteiger partial charge is 0.465 e. The summed E-state index contributed by atoms with van der Waals surface area (Å²) in [7, 11) is 0. The van der Waals surface area contributed by atoms with E-state index in [1.165, 1.54) is 0 Å². The third-order valence-corrected chi connectivity index (χ3v) is 1.79. The zero-order valence-electron chi connectivity index (χ0n) is 8.02. The van der Waals surface area contributed by atoms with Crippen molar-refractivity contribution in [3.8, 4) is 0 Å². The molecule has 0 rings (SSSR count). The normalized spacial score (nSPS) is 11.3. The summed E-state index contributed by atoms with van der Waals surface area (Å²) < 4.78 is 4.48. The van der Waals surface area contributed by atoms with Crippen LogP contribution in [0.15, 0.2) is 0 Å². The van der Waals surface area contributed by atoms with Gasteiger partial charge in [0.15, 0.2) is 0 Å². The first kappa shape index (κ1) is 11.9. The number of rotatable bonds is 5. The van der Waals surface area contributed by atoms with Crippen molar-refractivity contribution in [2.45, 2.75) is 44.4 Å². The SMILES string of the molecule is CCCCCOC(=O)C(C)(C)Br. The second-order valence-electron chi connectivity index (χ2n) is 3.32. The molecule has 0 heterocycles. The first-order valence-electron chi connectivity index (χ1n) is 4.34. The molecule has 0 fully saturated rings. The Morgan fingerprint density at radius 2 is 2.00 bits per heavy atom. The van der Waals surface area contributed by atoms with Gasteiger partial charge in [-0.1, -0.05) is 35.7 Å². The minimum Gasteiger partial charge on any atom is -0.465 e. The van der Waals surface area contributed by atoms with Gasteiger partial charge in [-0.25, -0.2) is 0 Å². The molecule has 0 N–H and O–H groups in total. The Kier molecular flexibility index (Phi) is 5.55. The van der Waals surface area contributed by atoms with Gasteiger partial charge in [-0.05, 0) is 20.3 Å². The van der Waals surface area contributed by atoms with E-state index in [1.807, 2.05) is 0 Å². The van der Waals surface area contributed by atoms with E-state index in [0.717, 1.165) is 19.3 Å². The van der Waals surface area contributed by atoms with Crippen molar-refractivity contribution in [1.82, 2.24) is 0 Å². The lowest BCUT2D eigenvalue weighted by Gasteiger charge is -2.14. The quantitative estimate of drug-likeness (QED) is 0.417. The molecule has 0 unspecified atom stereocenters. The van der Waals surface area contributed by atoms with Crippen molar-refractivity contribution in [2.75, 3.05) is 6.61 Å². The van der Waals surface area contributed by atoms with Crippen molar-refractivity contribution >= 4 is 21.9 Å². The highest BCUT2D eigenvalue weighted by Crippen LogP contribution is 2.17. The number of ether oxygens (including phenoxy) is 1. The third kappa shape index (κ3) is 5.58. The summed E-state index contributed by atoms with van der Waals surface area (Å²) in [6, 6.07) is 0. The zero-order valence-corrected chi connectivity index (χ0v) is 9.61. The molecule has 0 amide bonds. The van der Waals surface area contributed by atoms with Crippen LogP contribution < -0.4 is 0 Å². The lowest BCUT2D eigenvalue weighted by atomic mass is 10.2. The minimum atomic E-state index is -0.542. The minimum absolute atomic E-state index is 0.182. The summed E-state index contributed by atoms with van der Waals surface area (Å²) in [5.41, 5.74) is 0. The van der Waals surface area contributed by atoms with Gasteiger partial charge in [0.1, 0.15) is 4.32 Å². The van der Waals surface area contributed by atoms with Crippen molar-refractivity contribution in [3.05, 3.63) is 0 Å². The maximum Gasteiger partial charge on any atom is 0.322 e. The van der Waals surface area contributed by atoms with E-state index >= 15 is 0 Å². The van der Waals surface area contributed by atoms with Gasteiger partial charge in [0, 0.05) is 0 Å². The number of halogens is 1. The Morgan fingerprint density at radius 1 is 1.42 bits per heavy atom. The monoisotopic (exact) mass is 236 g/mol. The standard InChI is InChI=1S/C9H17BrO2/c1-4-5-6-7-12-8(11)9(2,3)10/h4-7H2,1-3H3. The number of esters is 1. The number of carbonyl (C=O) groups is 1. The predicted octanol–water partition coefficient (Wildman–Crippen LogP) is 2.89. The van der Waals surface area contributed by atoms with Crippen molar-refractivity contribution in [3.63, 3.8) is 0 Å². The van der Waals surface area contributed by atoms with Crippen LogP contribution in [0.25, 0.3) is 0 Å². The van der Waals surface area contributed by atoms with Crippen LogP contribution in [0.2, 0.25) is 0 Å². The molecule has 0 aromatic carbocycles. The lowest BCUT2D eigenvalue weighted by molar-refractivity contribution is -0.145. The molecule has 12 heavy (non-hydrogen) atoms. The molecule has 0 aromatic rings. The van der Waals surface area contributed by atoms with Crippen molar-refractivity contribution < 1.29 is 9.53 Å². The van der Waals surface area contributed by atoms with Gasteiger partial charge in [0.2, 0.25) is 0 Å². The zero-order chi connectivity index (χ0) is 9.61. The van der Waals surface area contributed by atoms with Gasteiger partial charge >= 0.3 is 5.97 Å². The van der Waals surface area contributed by atoms with E-state index in [2.05, 4.69) is 22.9 Å². The summed E-state index contributed by atoms with van der Waals surface area (Å²) >= 11 is 3.24. The molecular weight excluding hydrogens is 220 g/mol. The van der Waals surface area contributed by atoms with Crippen LogP contribution in [-0.2, 0) is 9.53 Å². The Bertz CT molecular complexity index is 138. The molecule has 0 aliphatic carbocycles. The van der Waals surface area contributed by atoms with Gasteiger partial charge in [0.05, 0.1) is 6.61 Å². The second-order valence-corrected chi connectivity index (χ2v) is 5.30. The van der Waals surface area contributed by atoms with E-state index in [-0.39, 0.29) is 5.97 Å². The van der Waals surface area contributed by atoms with Crippen LogP contribution >= 0.6 is 15.9 Å². The van der Waals surface area contributed by atoms with E-state index < -0.39 is 4.32 Å². The number of hydrogen-bond acceptors (Lipinski definition) is 2. The lowest BCUT2D eigenvalue weighted by Crippen LogP contribution is -2.26. The Balaban J connectivity index is 3.45. The Morgan fingerprint density at radius 3 is 2.42 bits per heavy atom. The molecule has 0 aliphatic heterocycles.